The van der Waals surface area contributed by atoms with Gasteiger partial charge in [-0.05, 0) is 42.7 Å². The number of alkyl halides is 3. The first-order chi connectivity index (χ1) is 12.6. The second-order valence-electron chi connectivity index (χ2n) is 7.47. The van der Waals surface area contributed by atoms with E-state index in [4.69, 9.17) is 9.47 Å². The third kappa shape index (κ3) is 5.71. The molecular formula is C20H25F3O4. The van der Waals surface area contributed by atoms with E-state index in [1.807, 2.05) is 0 Å². The SMILES string of the molecule is CC(C)[C@H]1CC[C@@H](C)C[C@H]1OC(=O)COC(=O)c1ccccc1C(F)(F)F. The number of hydrogen-bond donors (Lipinski definition) is 0. The first-order valence-electron chi connectivity index (χ1n) is 9.12. The van der Waals surface area contributed by atoms with Crippen LogP contribution in [0.1, 0.15) is 56.0 Å². The minimum atomic E-state index is -4.68. The van der Waals surface area contributed by atoms with E-state index in [0.29, 0.717) is 11.8 Å². The molecule has 0 radical (unpaired) electrons. The Labute approximate surface area is 157 Å². The quantitative estimate of drug-likeness (QED) is 0.678. The van der Waals surface area contributed by atoms with Crippen molar-refractivity contribution in [1.82, 2.24) is 0 Å². The van der Waals surface area contributed by atoms with Crippen molar-refractivity contribution in [2.45, 2.75) is 52.3 Å². The highest BCUT2D eigenvalue weighted by Crippen LogP contribution is 2.35. The molecule has 7 heteroatoms. The Bertz CT molecular complexity index is 669. The van der Waals surface area contributed by atoms with Crippen LogP contribution >= 0.6 is 0 Å². The van der Waals surface area contributed by atoms with E-state index in [9.17, 15) is 22.8 Å². The van der Waals surface area contributed by atoms with E-state index in [1.165, 1.54) is 12.1 Å². The van der Waals surface area contributed by atoms with Gasteiger partial charge >= 0.3 is 18.1 Å². The number of hydrogen-bond acceptors (Lipinski definition) is 4. The zero-order valence-electron chi connectivity index (χ0n) is 15.7. The average Bonchev–Trinajstić information content (AvgIpc) is 2.58. The normalized spacial score (nSPS) is 23.1. The second kappa shape index (κ2) is 8.76. The van der Waals surface area contributed by atoms with Gasteiger partial charge in [0.15, 0.2) is 6.61 Å². The summed E-state index contributed by atoms with van der Waals surface area (Å²) in [5.41, 5.74) is -1.71. The fourth-order valence-corrected chi connectivity index (χ4v) is 3.56. The summed E-state index contributed by atoms with van der Waals surface area (Å²) < 4.78 is 49.2. The van der Waals surface area contributed by atoms with E-state index >= 15 is 0 Å². The largest absolute Gasteiger partial charge is 0.460 e. The van der Waals surface area contributed by atoms with Crippen molar-refractivity contribution in [3.63, 3.8) is 0 Å². The van der Waals surface area contributed by atoms with Crippen LogP contribution in [0.25, 0.3) is 0 Å². The van der Waals surface area contributed by atoms with Crippen LogP contribution in [0.15, 0.2) is 24.3 Å². The van der Waals surface area contributed by atoms with Crippen molar-refractivity contribution < 1.29 is 32.2 Å². The van der Waals surface area contributed by atoms with E-state index in [2.05, 4.69) is 20.8 Å². The average molecular weight is 386 g/mol. The number of carbonyl (C=O) groups excluding carboxylic acids is 2. The van der Waals surface area contributed by atoms with Gasteiger partial charge in [0.05, 0.1) is 11.1 Å². The van der Waals surface area contributed by atoms with Gasteiger partial charge in [0.25, 0.3) is 0 Å². The number of carbonyl (C=O) groups is 2. The van der Waals surface area contributed by atoms with Crippen LogP contribution in [0, 0.1) is 17.8 Å². The van der Waals surface area contributed by atoms with Crippen LogP contribution in [-0.2, 0) is 20.4 Å². The first-order valence-corrected chi connectivity index (χ1v) is 9.12. The Morgan fingerprint density at radius 3 is 2.48 bits per heavy atom. The van der Waals surface area contributed by atoms with E-state index in [-0.39, 0.29) is 12.0 Å². The van der Waals surface area contributed by atoms with Crippen molar-refractivity contribution in [3.05, 3.63) is 35.4 Å². The lowest BCUT2D eigenvalue weighted by molar-refractivity contribution is -0.159. The molecule has 1 fully saturated rings. The summed E-state index contributed by atoms with van der Waals surface area (Å²) in [6, 6.07) is 4.31. The van der Waals surface area contributed by atoms with E-state index in [0.717, 1.165) is 31.4 Å². The molecular weight excluding hydrogens is 361 g/mol. The van der Waals surface area contributed by atoms with Gasteiger partial charge in [-0.2, -0.15) is 13.2 Å². The Hall–Kier alpha value is -2.05. The van der Waals surface area contributed by atoms with Gasteiger partial charge in [-0.25, -0.2) is 9.59 Å². The molecule has 1 saturated carbocycles. The van der Waals surface area contributed by atoms with Gasteiger partial charge in [0.2, 0.25) is 0 Å². The summed E-state index contributed by atoms with van der Waals surface area (Å²) in [6.45, 7) is 5.51. The molecule has 150 valence electrons. The zero-order chi connectivity index (χ0) is 20.2. The lowest BCUT2D eigenvalue weighted by atomic mass is 9.75. The van der Waals surface area contributed by atoms with Crippen molar-refractivity contribution in [2.75, 3.05) is 6.61 Å². The smallest absolute Gasteiger partial charge is 0.417 e. The Balaban J connectivity index is 1.96. The molecule has 4 nitrogen and oxygen atoms in total. The van der Waals surface area contributed by atoms with Gasteiger partial charge in [-0.1, -0.05) is 39.3 Å². The summed E-state index contributed by atoms with van der Waals surface area (Å²) in [6.07, 6.45) is -2.18. The third-order valence-corrected chi connectivity index (χ3v) is 5.02. The number of rotatable bonds is 5. The van der Waals surface area contributed by atoms with Crippen LogP contribution in [0.5, 0.6) is 0 Å². The number of benzene rings is 1. The molecule has 3 atom stereocenters. The molecule has 0 spiro atoms. The standard InChI is InChI=1S/C20H25F3O4/c1-12(2)14-9-8-13(3)10-17(14)27-18(24)11-26-19(25)15-6-4-5-7-16(15)20(21,22)23/h4-7,12-14,17H,8-11H2,1-3H3/t13-,14-,17-/m1/s1. The number of ether oxygens (including phenoxy) is 2. The molecule has 0 bridgehead atoms. The Morgan fingerprint density at radius 2 is 1.85 bits per heavy atom. The van der Waals surface area contributed by atoms with Crippen molar-refractivity contribution in [1.29, 1.82) is 0 Å². The summed E-state index contributed by atoms with van der Waals surface area (Å²) in [5, 5.41) is 0. The van der Waals surface area contributed by atoms with Gasteiger partial charge in [0.1, 0.15) is 6.10 Å². The second-order valence-corrected chi connectivity index (χ2v) is 7.47. The molecule has 0 amide bonds. The molecule has 1 aromatic rings. The summed E-state index contributed by atoms with van der Waals surface area (Å²) in [4.78, 5) is 24.1. The molecule has 0 saturated heterocycles. The highest BCUT2D eigenvalue weighted by Gasteiger charge is 2.36. The third-order valence-electron chi connectivity index (χ3n) is 5.02. The molecule has 0 aromatic heterocycles. The maximum absolute atomic E-state index is 13.0. The number of esters is 2. The first kappa shape index (κ1) is 21.3. The van der Waals surface area contributed by atoms with Crippen LogP contribution < -0.4 is 0 Å². The van der Waals surface area contributed by atoms with E-state index in [1.54, 1.807) is 0 Å². The van der Waals surface area contributed by atoms with Crippen molar-refractivity contribution >= 4 is 11.9 Å². The summed E-state index contributed by atoms with van der Waals surface area (Å²) in [7, 11) is 0. The molecule has 1 aliphatic carbocycles. The topological polar surface area (TPSA) is 52.6 Å². The molecule has 0 aliphatic heterocycles. The molecule has 1 aliphatic rings. The fraction of sp³-hybridized carbons (Fsp3) is 0.600. The highest BCUT2D eigenvalue weighted by atomic mass is 19.4. The molecule has 0 N–H and O–H groups in total. The minimum Gasteiger partial charge on any atom is -0.460 e. The van der Waals surface area contributed by atoms with E-state index < -0.39 is 35.8 Å². The maximum Gasteiger partial charge on any atom is 0.417 e. The zero-order valence-corrected chi connectivity index (χ0v) is 15.7. The number of halogens is 3. The summed E-state index contributed by atoms with van der Waals surface area (Å²) in [5.74, 6) is -0.933. The Morgan fingerprint density at radius 1 is 1.19 bits per heavy atom. The van der Waals surface area contributed by atoms with Crippen molar-refractivity contribution in [2.24, 2.45) is 17.8 Å². The van der Waals surface area contributed by atoms with Crippen LogP contribution in [0.2, 0.25) is 0 Å². The Kier molecular flexibility index (Phi) is 6.89. The molecule has 1 aromatic carbocycles. The van der Waals surface area contributed by atoms with Crippen LogP contribution in [-0.4, -0.2) is 24.6 Å². The lowest BCUT2D eigenvalue weighted by Crippen LogP contribution is -2.36. The highest BCUT2D eigenvalue weighted by molar-refractivity contribution is 5.92. The molecule has 0 unspecified atom stereocenters. The van der Waals surface area contributed by atoms with Gasteiger partial charge in [-0.3, -0.25) is 0 Å². The maximum atomic E-state index is 13.0. The van der Waals surface area contributed by atoms with Gasteiger partial charge in [-0.15, -0.1) is 0 Å². The van der Waals surface area contributed by atoms with Crippen molar-refractivity contribution in [3.8, 4) is 0 Å². The predicted molar refractivity (Wildman–Crippen MR) is 92.9 cm³/mol. The lowest BCUT2D eigenvalue weighted by Gasteiger charge is -2.36. The predicted octanol–water partition coefficient (Wildman–Crippen LogP) is 4.87. The molecule has 2 rings (SSSR count). The van der Waals surface area contributed by atoms with Gasteiger partial charge in [0, 0.05) is 0 Å². The van der Waals surface area contributed by atoms with Crippen LogP contribution in [0.4, 0.5) is 13.2 Å². The summed E-state index contributed by atoms with van der Waals surface area (Å²) >= 11 is 0. The fourth-order valence-electron chi connectivity index (χ4n) is 3.56. The van der Waals surface area contributed by atoms with Gasteiger partial charge < -0.3 is 9.47 Å². The molecule has 0 heterocycles. The van der Waals surface area contributed by atoms with Crippen LogP contribution in [0.3, 0.4) is 0 Å². The minimum absolute atomic E-state index is 0.229. The molecule has 27 heavy (non-hydrogen) atoms. The monoisotopic (exact) mass is 386 g/mol.